The summed E-state index contributed by atoms with van der Waals surface area (Å²) in [5, 5.41) is 6.13. The third kappa shape index (κ3) is 8.66. The molecule has 0 aromatic rings. The Bertz CT molecular complexity index is 214. The van der Waals surface area contributed by atoms with Gasteiger partial charge in [0, 0.05) is 46.4 Å². The maximum Gasteiger partial charge on any atom is 0.246 e. The SMILES string of the molecule is COCCOCC(=O)NCCN1CCNCC1.Cl. The fourth-order valence-corrected chi connectivity index (χ4v) is 1.65. The highest BCUT2D eigenvalue weighted by atomic mass is 35.5. The van der Waals surface area contributed by atoms with E-state index in [4.69, 9.17) is 9.47 Å². The summed E-state index contributed by atoms with van der Waals surface area (Å²) in [5.41, 5.74) is 0. The predicted octanol–water partition coefficient (Wildman–Crippen LogP) is -0.907. The van der Waals surface area contributed by atoms with Gasteiger partial charge in [-0.15, -0.1) is 12.4 Å². The van der Waals surface area contributed by atoms with E-state index in [1.54, 1.807) is 7.11 Å². The number of rotatable bonds is 8. The monoisotopic (exact) mass is 281 g/mol. The summed E-state index contributed by atoms with van der Waals surface area (Å²) in [4.78, 5) is 13.7. The van der Waals surface area contributed by atoms with Crippen LogP contribution in [0.4, 0.5) is 0 Å². The van der Waals surface area contributed by atoms with Crippen molar-refractivity contribution in [3.8, 4) is 0 Å². The summed E-state index contributed by atoms with van der Waals surface area (Å²) in [6, 6.07) is 0. The number of halogens is 1. The fourth-order valence-electron chi connectivity index (χ4n) is 1.65. The molecule has 0 aliphatic carbocycles. The number of carbonyl (C=O) groups excluding carboxylic acids is 1. The summed E-state index contributed by atoms with van der Waals surface area (Å²) < 4.78 is 9.93. The first kappa shape index (κ1) is 17.6. The molecule has 6 nitrogen and oxygen atoms in total. The molecule has 0 atom stereocenters. The van der Waals surface area contributed by atoms with Crippen molar-refractivity contribution in [3.05, 3.63) is 0 Å². The Morgan fingerprint density at radius 2 is 2.06 bits per heavy atom. The molecule has 1 rings (SSSR count). The molecule has 0 aromatic heterocycles. The molecule has 1 aliphatic rings. The van der Waals surface area contributed by atoms with Crippen LogP contribution in [0, 0.1) is 0 Å². The molecular weight excluding hydrogens is 258 g/mol. The molecule has 0 unspecified atom stereocenters. The van der Waals surface area contributed by atoms with Gasteiger partial charge in [-0.1, -0.05) is 0 Å². The summed E-state index contributed by atoms with van der Waals surface area (Å²) in [7, 11) is 1.61. The molecule has 108 valence electrons. The maximum atomic E-state index is 11.3. The topological polar surface area (TPSA) is 62.8 Å². The number of ether oxygens (including phenoxy) is 2. The van der Waals surface area contributed by atoms with Crippen molar-refractivity contribution in [1.82, 2.24) is 15.5 Å². The molecule has 1 amide bonds. The standard InChI is InChI=1S/C11H23N3O3.ClH/c1-16-8-9-17-10-11(15)13-4-7-14-5-2-12-3-6-14;/h12H,2-10H2,1H3,(H,13,15);1H. The van der Waals surface area contributed by atoms with Crippen LogP contribution in [0.15, 0.2) is 0 Å². The molecule has 1 saturated heterocycles. The van der Waals surface area contributed by atoms with Gasteiger partial charge in [-0.25, -0.2) is 0 Å². The largest absolute Gasteiger partial charge is 0.382 e. The zero-order valence-corrected chi connectivity index (χ0v) is 11.8. The first-order valence-corrected chi connectivity index (χ1v) is 6.09. The Morgan fingerprint density at radius 3 is 2.72 bits per heavy atom. The Kier molecular flexibility index (Phi) is 11.4. The van der Waals surface area contributed by atoms with Crippen molar-refractivity contribution in [3.63, 3.8) is 0 Å². The van der Waals surface area contributed by atoms with E-state index in [-0.39, 0.29) is 24.9 Å². The Morgan fingerprint density at radius 1 is 1.33 bits per heavy atom. The van der Waals surface area contributed by atoms with Gasteiger partial charge in [0.2, 0.25) is 5.91 Å². The summed E-state index contributed by atoms with van der Waals surface area (Å²) >= 11 is 0. The molecule has 2 N–H and O–H groups in total. The number of hydrogen-bond donors (Lipinski definition) is 2. The summed E-state index contributed by atoms with van der Waals surface area (Å²) in [5.74, 6) is -0.0590. The minimum Gasteiger partial charge on any atom is -0.382 e. The van der Waals surface area contributed by atoms with Crippen LogP contribution in [0.2, 0.25) is 0 Å². The molecule has 0 saturated carbocycles. The van der Waals surface area contributed by atoms with E-state index in [0.29, 0.717) is 19.8 Å². The highest BCUT2D eigenvalue weighted by Crippen LogP contribution is 1.89. The quantitative estimate of drug-likeness (QED) is 0.564. The van der Waals surface area contributed by atoms with Crippen molar-refractivity contribution in [2.45, 2.75) is 0 Å². The first-order valence-electron chi connectivity index (χ1n) is 6.09. The molecule has 0 radical (unpaired) electrons. The van der Waals surface area contributed by atoms with Crippen LogP contribution in [0.25, 0.3) is 0 Å². The molecule has 0 bridgehead atoms. The van der Waals surface area contributed by atoms with E-state index >= 15 is 0 Å². The minimum atomic E-state index is -0.0590. The molecule has 18 heavy (non-hydrogen) atoms. The predicted molar refractivity (Wildman–Crippen MR) is 72.3 cm³/mol. The van der Waals surface area contributed by atoms with Gasteiger partial charge in [0.15, 0.2) is 0 Å². The number of hydrogen-bond acceptors (Lipinski definition) is 5. The second-order valence-electron chi connectivity index (χ2n) is 3.99. The lowest BCUT2D eigenvalue weighted by atomic mass is 10.3. The van der Waals surface area contributed by atoms with Gasteiger partial charge in [-0.05, 0) is 0 Å². The van der Waals surface area contributed by atoms with Crippen molar-refractivity contribution in [2.24, 2.45) is 0 Å². The van der Waals surface area contributed by atoms with Crippen LogP contribution in [-0.2, 0) is 14.3 Å². The average Bonchev–Trinajstić information content (AvgIpc) is 2.36. The molecule has 0 aromatic carbocycles. The van der Waals surface area contributed by atoms with Gasteiger partial charge in [0.05, 0.1) is 13.2 Å². The number of nitrogens with one attached hydrogen (secondary N) is 2. The van der Waals surface area contributed by atoms with Crippen molar-refractivity contribution in [1.29, 1.82) is 0 Å². The first-order chi connectivity index (χ1) is 8.33. The Balaban J connectivity index is 0.00000289. The average molecular weight is 282 g/mol. The van der Waals surface area contributed by atoms with Crippen molar-refractivity contribution in [2.75, 3.05) is 66.2 Å². The van der Waals surface area contributed by atoms with Gasteiger partial charge < -0.3 is 20.1 Å². The number of methoxy groups -OCH3 is 1. The van der Waals surface area contributed by atoms with Crippen LogP contribution < -0.4 is 10.6 Å². The summed E-state index contributed by atoms with van der Waals surface area (Å²) in [6.45, 7) is 6.88. The van der Waals surface area contributed by atoms with Gasteiger partial charge in [0.1, 0.15) is 6.61 Å². The van der Waals surface area contributed by atoms with Gasteiger partial charge >= 0.3 is 0 Å². The highest BCUT2D eigenvalue weighted by Gasteiger charge is 2.09. The van der Waals surface area contributed by atoms with Crippen LogP contribution in [-0.4, -0.2) is 77.0 Å². The minimum absolute atomic E-state index is 0. The lowest BCUT2D eigenvalue weighted by molar-refractivity contribution is -0.126. The van der Waals surface area contributed by atoms with Gasteiger partial charge in [-0.3, -0.25) is 9.69 Å². The summed E-state index contributed by atoms with van der Waals surface area (Å²) in [6.07, 6.45) is 0. The third-order valence-corrected chi connectivity index (χ3v) is 2.62. The number of amides is 1. The van der Waals surface area contributed by atoms with E-state index in [9.17, 15) is 4.79 Å². The molecule has 7 heteroatoms. The number of nitrogens with zero attached hydrogens (tertiary/aromatic N) is 1. The number of piperazine rings is 1. The lowest BCUT2D eigenvalue weighted by Crippen LogP contribution is -2.46. The molecule has 0 spiro atoms. The molecule has 1 heterocycles. The fraction of sp³-hybridized carbons (Fsp3) is 0.909. The maximum absolute atomic E-state index is 11.3. The van der Waals surface area contributed by atoms with Crippen molar-refractivity contribution >= 4 is 18.3 Å². The van der Waals surface area contributed by atoms with Gasteiger partial charge in [-0.2, -0.15) is 0 Å². The van der Waals surface area contributed by atoms with Crippen molar-refractivity contribution < 1.29 is 14.3 Å². The van der Waals surface area contributed by atoms with Crippen LogP contribution in [0.1, 0.15) is 0 Å². The van der Waals surface area contributed by atoms with E-state index in [1.807, 2.05) is 0 Å². The zero-order chi connectivity index (χ0) is 12.3. The van der Waals surface area contributed by atoms with E-state index in [0.717, 1.165) is 32.7 Å². The third-order valence-electron chi connectivity index (χ3n) is 2.62. The Labute approximate surface area is 115 Å². The second-order valence-corrected chi connectivity index (χ2v) is 3.99. The molecule has 1 aliphatic heterocycles. The lowest BCUT2D eigenvalue weighted by Gasteiger charge is -2.27. The number of carbonyl (C=O) groups is 1. The van der Waals surface area contributed by atoms with Crippen LogP contribution in [0.5, 0.6) is 0 Å². The molecule has 1 fully saturated rings. The Hall–Kier alpha value is -0.400. The molecular formula is C11H24ClN3O3. The van der Waals surface area contributed by atoms with Crippen LogP contribution >= 0.6 is 12.4 Å². The van der Waals surface area contributed by atoms with E-state index in [2.05, 4.69) is 15.5 Å². The second kappa shape index (κ2) is 11.7. The zero-order valence-electron chi connectivity index (χ0n) is 10.9. The van der Waals surface area contributed by atoms with Crippen LogP contribution in [0.3, 0.4) is 0 Å². The van der Waals surface area contributed by atoms with Gasteiger partial charge in [0.25, 0.3) is 0 Å². The normalized spacial score (nSPS) is 16.1. The smallest absolute Gasteiger partial charge is 0.246 e. The highest BCUT2D eigenvalue weighted by molar-refractivity contribution is 5.85. The van der Waals surface area contributed by atoms with E-state index < -0.39 is 0 Å². The van der Waals surface area contributed by atoms with E-state index in [1.165, 1.54) is 0 Å².